The summed E-state index contributed by atoms with van der Waals surface area (Å²) in [5.74, 6) is -16.6. The van der Waals surface area contributed by atoms with E-state index in [2.05, 4.69) is 16.6 Å². The number of alkyl halides is 7. The maximum absolute atomic E-state index is 12.5. The molecule has 0 aromatic carbocycles. The average Bonchev–Trinajstić information content (AvgIpc) is 2.11. The molecule has 0 heterocycles. The van der Waals surface area contributed by atoms with Crippen molar-refractivity contribution in [3.8, 4) is 0 Å². The Labute approximate surface area is 88.6 Å². The topological polar surface area (TPSA) is 93.5 Å². The second kappa shape index (κ2) is 4.25. The van der Waals surface area contributed by atoms with Crippen molar-refractivity contribution in [3.05, 3.63) is 0 Å². The Bertz CT molecular complexity index is 332. The van der Waals surface area contributed by atoms with Crippen LogP contribution in [0.3, 0.4) is 0 Å². The Hall–Kier alpha value is -1.75. The van der Waals surface area contributed by atoms with Gasteiger partial charge in [-0.1, -0.05) is 0 Å². The van der Waals surface area contributed by atoms with E-state index in [9.17, 15) is 35.5 Å². The Morgan fingerprint density at radius 2 is 1.41 bits per heavy atom. The van der Waals surface area contributed by atoms with Gasteiger partial charge in [0.25, 0.3) is 0 Å². The molecule has 0 radical (unpaired) electrons. The van der Waals surface area contributed by atoms with Crippen molar-refractivity contribution in [2.75, 3.05) is 0 Å². The van der Waals surface area contributed by atoms with Gasteiger partial charge in [0.05, 0.1) is 0 Å². The van der Waals surface area contributed by atoms with Crippen molar-refractivity contribution in [1.82, 2.24) is 5.43 Å². The molecular weight excluding hydrogens is 265 g/mol. The highest BCUT2D eigenvalue weighted by Crippen LogP contribution is 2.46. The molecular formula is C5H5F7N4O. The normalized spacial score (nSPS) is 13.1. The van der Waals surface area contributed by atoms with Crippen molar-refractivity contribution >= 4 is 11.9 Å². The summed E-state index contributed by atoms with van der Waals surface area (Å²) < 4.78 is 84.3. The molecule has 0 saturated heterocycles. The van der Waals surface area contributed by atoms with Crippen LogP contribution in [-0.2, 0) is 4.79 Å². The Morgan fingerprint density at radius 3 is 1.71 bits per heavy atom. The van der Waals surface area contributed by atoms with Gasteiger partial charge in [0.15, 0.2) is 0 Å². The number of hydrogen-bond donors (Lipinski definition) is 3. The summed E-state index contributed by atoms with van der Waals surface area (Å²) >= 11 is 0. The zero-order valence-corrected chi connectivity index (χ0v) is 7.66. The summed E-state index contributed by atoms with van der Waals surface area (Å²) in [5, 5.41) is 2.38. The van der Waals surface area contributed by atoms with Crippen LogP contribution in [0.15, 0.2) is 5.10 Å². The molecule has 0 aromatic rings. The number of amides is 1. The van der Waals surface area contributed by atoms with Crippen LogP contribution in [0.1, 0.15) is 0 Å². The SMILES string of the molecule is NC(N)=NNC(=O)C(F)(F)C(F)(F)C(F)(F)F. The van der Waals surface area contributed by atoms with Crippen LogP contribution in [0.4, 0.5) is 30.7 Å². The van der Waals surface area contributed by atoms with Crippen molar-refractivity contribution in [2.45, 2.75) is 18.0 Å². The van der Waals surface area contributed by atoms with E-state index >= 15 is 0 Å². The van der Waals surface area contributed by atoms with E-state index in [1.807, 2.05) is 0 Å². The largest absolute Gasteiger partial charge is 0.460 e. The Balaban J connectivity index is 5.14. The maximum Gasteiger partial charge on any atom is 0.460 e. The van der Waals surface area contributed by atoms with Crippen molar-refractivity contribution in [2.24, 2.45) is 16.6 Å². The highest BCUT2D eigenvalue weighted by atomic mass is 19.4. The van der Waals surface area contributed by atoms with E-state index in [-0.39, 0.29) is 0 Å². The van der Waals surface area contributed by atoms with E-state index in [1.54, 1.807) is 0 Å². The number of nitrogens with one attached hydrogen (secondary N) is 1. The van der Waals surface area contributed by atoms with Crippen molar-refractivity contribution in [3.63, 3.8) is 0 Å². The lowest BCUT2D eigenvalue weighted by molar-refractivity contribution is -0.344. The van der Waals surface area contributed by atoms with E-state index in [4.69, 9.17) is 0 Å². The van der Waals surface area contributed by atoms with E-state index < -0.39 is 29.9 Å². The Morgan fingerprint density at radius 1 is 1.00 bits per heavy atom. The molecule has 0 aromatic heterocycles. The molecule has 0 aliphatic rings. The van der Waals surface area contributed by atoms with Crippen LogP contribution >= 0.6 is 0 Å². The van der Waals surface area contributed by atoms with Gasteiger partial charge in [-0.25, -0.2) is 5.43 Å². The highest BCUT2D eigenvalue weighted by molar-refractivity contribution is 5.86. The summed E-state index contributed by atoms with van der Waals surface area (Å²) in [6, 6.07) is 0. The highest BCUT2D eigenvalue weighted by Gasteiger charge is 2.76. The first-order valence-corrected chi connectivity index (χ1v) is 3.55. The monoisotopic (exact) mass is 270 g/mol. The van der Waals surface area contributed by atoms with Crippen LogP contribution in [0.5, 0.6) is 0 Å². The lowest BCUT2D eigenvalue weighted by Crippen LogP contribution is -2.59. The third kappa shape index (κ3) is 2.88. The average molecular weight is 270 g/mol. The van der Waals surface area contributed by atoms with Crippen LogP contribution in [0, 0.1) is 0 Å². The minimum absolute atomic E-state index is 0.670. The van der Waals surface area contributed by atoms with Crippen LogP contribution in [0.25, 0.3) is 0 Å². The summed E-state index contributed by atoms with van der Waals surface area (Å²) in [7, 11) is 0. The number of nitrogens with zero attached hydrogens (tertiary/aromatic N) is 1. The number of nitrogens with two attached hydrogens (primary N) is 2. The van der Waals surface area contributed by atoms with Gasteiger partial charge in [-0.05, 0) is 0 Å². The number of guanidine groups is 1. The number of carbonyl (C=O) groups excluding carboxylic acids is 1. The zero-order valence-electron chi connectivity index (χ0n) is 7.66. The van der Waals surface area contributed by atoms with Crippen LogP contribution in [0.2, 0.25) is 0 Å². The predicted octanol–water partition coefficient (Wildman–Crippen LogP) is 0.124. The van der Waals surface area contributed by atoms with Gasteiger partial charge in [0.1, 0.15) is 0 Å². The summed E-state index contributed by atoms with van der Waals surface area (Å²) in [5.41, 5.74) is 9.74. The number of hydrazone groups is 1. The number of halogens is 7. The molecule has 100 valence electrons. The van der Waals surface area contributed by atoms with Gasteiger partial charge in [-0.3, -0.25) is 4.79 Å². The molecule has 0 saturated carbocycles. The zero-order chi connectivity index (χ0) is 14.1. The first-order valence-electron chi connectivity index (χ1n) is 3.55. The van der Waals surface area contributed by atoms with Crippen LogP contribution in [-0.4, -0.2) is 29.9 Å². The molecule has 5 N–H and O–H groups in total. The lowest BCUT2D eigenvalue weighted by atomic mass is 10.1. The molecule has 17 heavy (non-hydrogen) atoms. The third-order valence-corrected chi connectivity index (χ3v) is 1.32. The van der Waals surface area contributed by atoms with E-state index in [0.717, 1.165) is 0 Å². The first kappa shape index (κ1) is 15.2. The van der Waals surface area contributed by atoms with E-state index in [1.165, 1.54) is 0 Å². The molecule has 1 amide bonds. The predicted molar refractivity (Wildman–Crippen MR) is 39.9 cm³/mol. The van der Waals surface area contributed by atoms with E-state index in [0.29, 0.717) is 5.43 Å². The van der Waals surface area contributed by atoms with Crippen molar-refractivity contribution in [1.29, 1.82) is 0 Å². The first-order chi connectivity index (χ1) is 7.34. The molecule has 0 rings (SSSR count). The quantitative estimate of drug-likeness (QED) is 0.294. The number of carbonyl (C=O) groups is 1. The van der Waals surface area contributed by atoms with Gasteiger partial charge in [-0.2, -0.15) is 30.7 Å². The Kier molecular flexibility index (Phi) is 3.82. The molecule has 0 aliphatic heterocycles. The lowest BCUT2D eigenvalue weighted by Gasteiger charge is -2.26. The molecule has 5 nitrogen and oxygen atoms in total. The second-order valence-electron chi connectivity index (χ2n) is 2.62. The van der Waals surface area contributed by atoms with Gasteiger partial charge in [0, 0.05) is 0 Å². The maximum atomic E-state index is 12.5. The standard InChI is InChI=1S/C5H5F7N4O/c6-3(7,1(17)15-16-2(13)14)4(8,9)5(10,11)12/h(H,15,17)(H4,13,14,16). The van der Waals surface area contributed by atoms with Gasteiger partial charge in [0.2, 0.25) is 5.96 Å². The molecule has 0 unspecified atom stereocenters. The molecule has 0 fully saturated rings. The van der Waals surface area contributed by atoms with Crippen LogP contribution < -0.4 is 16.9 Å². The molecule has 12 heteroatoms. The second-order valence-corrected chi connectivity index (χ2v) is 2.62. The van der Waals surface area contributed by atoms with Crippen molar-refractivity contribution < 1.29 is 35.5 Å². The summed E-state index contributed by atoms with van der Waals surface area (Å²) in [6.07, 6.45) is -6.61. The molecule has 0 bridgehead atoms. The third-order valence-electron chi connectivity index (χ3n) is 1.32. The van der Waals surface area contributed by atoms with Gasteiger partial charge in [-0.15, -0.1) is 5.10 Å². The fourth-order valence-electron chi connectivity index (χ4n) is 0.506. The fraction of sp³-hybridized carbons (Fsp3) is 0.600. The minimum Gasteiger partial charge on any atom is -0.369 e. The fourth-order valence-corrected chi connectivity index (χ4v) is 0.506. The molecule has 0 atom stereocenters. The minimum atomic E-state index is -6.61. The molecule has 0 spiro atoms. The smallest absolute Gasteiger partial charge is 0.369 e. The molecule has 0 aliphatic carbocycles. The summed E-state index contributed by atoms with van der Waals surface area (Å²) in [6.45, 7) is 0. The number of hydrogen-bond acceptors (Lipinski definition) is 2. The summed E-state index contributed by atoms with van der Waals surface area (Å²) in [4.78, 5) is 10.4. The van der Waals surface area contributed by atoms with Gasteiger partial charge < -0.3 is 11.5 Å². The number of rotatable bonds is 3. The van der Waals surface area contributed by atoms with Gasteiger partial charge >= 0.3 is 23.9 Å².